The maximum Gasteiger partial charge on any atom is 0.416 e. The molecule has 0 fully saturated rings. The molecule has 0 saturated heterocycles. The number of ether oxygens (including phenoxy) is 1. The summed E-state index contributed by atoms with van der Waals surface area (Å²) < 4.78 is 45.4. The van der Waals surface area contributed by atoms with Gasteiger partial charge in [-0.1, -0.05) is 20.3 Å². The highest BCUT2D eigenvalue weighted by atomic mass is 32.1. The van der Waals surface area contributed by atoms with Crippen molar-refractivity contribution in [2.75, 3.05) is 6.61 Å². The van der Waals surface area contributed by atoms with Crippen LogP contribution in [0.2, 0.25) is 0 Å². The number of aromatic nitrogens is 2. The quantitative estimate of drug-likeness (QED) is 0.463. The lowest BCUT2D eigenvalue weighted by atomic mass is 9.95. The topological polar surface area (TPSA) is 35.0 Å². The molecule has 3 aromatic rings. The molecule has 0 radical (unpaired) electrons. The maximum atomic E-state index is 13.0. The number of hydrogen-bond acceptors (Lipinski definition) is 4. The summed E-state index contributed by atoms with van der Waals surface area (Å²) in [6.45, 7) is 4.71. The fourth-order valence-electron chi connectivity index (χ4n) is 2.97. The van der Waals surface area contributed by atoms with Crippen molar-refractivity contribution in [3.63, 3.8) is 0 Å². The maximum absolute atomic E-state index is 13.0. The van der Waals surface area contributed by atoms with Gasteiger partial charge < -0.3 is 4.74 Å². The van der Waals surface area contributed by atoms with Crippen LogP contribution < -0.4 is 4.74 Å². The molecular weight excluding hydrogens is 373 g/mol. The molecule has 2 heterocycles. The van der Waals surface area contributed by atoms with Crippen LogP contribution in [0.15, 0.2) is 36.7 Å². The van der Waals surface area contributed by atoms with Gasteiger partial charge in [0.15, 0.2) is 0 Å². The van der Waals surface area contributed by atoms with Gasteiger partial charge >= 0.3 is 6.18 Å². The van der Waals surface area contributed by atoms with Crippen LogP contribution in [0.1, 0.15) is 55.2 Å². The number of hydrogen-bond donors (Lipinski definition) is 0. The van der Waals surface area contributed by atoms with Gasteiger partial charge in [0, 0.05) is 23.9 Å². The molecule has 7 heteroatoms. The average Bonchev–Trinajstić information content (AvgIpc) is 3.07. The summed E-state index contributed by atoms with van der Waals surface area (Å²) in [6, 6.07) is 5.54. The van der Waals surface area contributed by atoms with Gasteiger partial charge in [0.2, 0.25) is 0 Å². The van der Waals surface area contributed by atoms with Crippen molar-refractivity contribution < 1.29 is 17.9 Å². The van der Waals surface area contributed by atoms with Gasteiger partial charge in [-0.25, -0.2) is 4.98 Å². The Morgan fingerprint density at radius 1 is 1.15 bits per heavy atom. The molecule has 0 N–H and O–H groups in total. The highest BCUT2D eigenvalue weighted by Gasteiger charge is 2.31. The van der Waals surface area contributed by atoms with Crippen LogP contribution in [0.25, 0.3) is 10.2 Å². The molecule has 1 aromatic carbocycles. The van der Waals surface area contributed by atoms with Crippen molar-refractivity contribution in [1.82, 2.24) is 9.97 Å². The Labute approximate surface area is 160 Å². The van der Waals surface area contributed by atoms with Crippen molar-refractivity contribution in [2.24, 2.45) is 0 Å². The van der Waals surface area contributed by atoms with E-state index in [2.05, 4.69) is 16.9 Å². The average molecular weight is 394 g/mol. The normalized spacial score (nSPS) is 13.1. The molecule has 0 aliphatic rings. The minimum absolute atomic E-state index is 0.0534. The van der Waals surface area contributed by atoms with E-state index in [9.17, 15) is 13.2 Å². The van der Waals surface area contributed by atoms with E-state index in [1.54, 1.807) is 12.4 Å². The summed E-state index contributed by atoms with van der Waals surface area (Å²) in [4.78, 5) is 8.85. The first-order valence-electron chi connectivity index (χ1n) is 8.98. The zero-order valence-electron chi connectivity index (χ0n) is 15.2. The molecule has 3 nitrogen and oxygen atoms in total. The smallest absolute Gasteiger partial charge is 0.416 e. The molecule has 1 atom stereocenters. The first kappa shape index (κ1) is 19.6. The third-order valence-electron chi connectivity index (χ3n) is 4.25. The first-order valence-corrected chi connectivity index (χ1v) is 9.80. The number of nitrogens with zero attached hydrogens (tertiary/aromatic N) is 2. The van der Waals surface area contributed by atoms with Crippen molar-refractivity contribution in [2.45, 2.75) is 45.2 Å². The summed E-state index contributed by atoms with van der Waals surface area (Å²) in [5, 5.41) is 0.792. The molecule has 0 aliphatic heterocycles. The molecule has 144 valence electrons. The predicted octanol–water partition coefficient (Wildman–Crippen LogP) is 6.43. The lowest BCUT2D eigenvalue weighted by Gasteiger charge is -2.17. The molecule has 3 rings (SSSR count). The minimum atomic E-state index is -4.36. The molecule has 27 heavy (non-hydrogen) atoms. The van der Waals surface area contributed by atoms with E-state index >= 15 is 0 Å². The van der Waals surface area contributed by atoms with E-state index in [0.717, 1.165) is 41.6 Å². The molecule has 1 unspecified atom stereocenters. The summed E-state index contributed by atoms with van der Waals surface area (Å²) in [5.74, 6) is 0.711. The van der Waals surface area contributed by atoms with E-state index < -0.39 is 11.7 Å². The van der Waals surface area contributed by atoms with Gasteiger partial charge in [0.05, 0.1) is 22.4 Å². The summed E-state index contributed by atoms with van der Waals surface area (Å²) in [5.41, 5.74) is 0.873. The molecule has 2 aromatic heterocycles. The second kappa shape index (κ2) is 8.25. The Balaban J connectivity index is 2.03. The molecule has 0 amide bonds. The summed E-state index contributed by atoms with van der Waals surface area (Å²) in [6.07, 6.45) is 1.73. The Kier molecular flexibility index (Phi) is 5.99. The van der Waals surface area contributed by atoms with Crippen LogP contribution in [0.3, 0.4) is 0 Å². The van der Waals surface area contributed by atoms with E-state index in [4.69, 9.17) is 4.74 Å². The van der Waals surface area contributed by atoms with E-state index in [1.807, 2.05) is 13.0 Å². The van der Waals surface area contributed by atoms with E-state index in [0.29, 0.717) is 16.8 Å². The molecule has 0 bridgehead atoms. The fraction of sp³-hybridized carbons (Fsp3) is 0.400. The number of benzene rings is 1. The van der Waals surface area contributed by atoms with Crippen LogP contribution >= 0.6 is 11.3 Å². The number of thiazole rings is 1. The van der Waals surface area contributed by atoms with Gasteiger partial charge in [-0.05, 0) is 37.1 Å². The SMILES string of the molecule is CCCOc1ccncc1C(CCC)c1nc2ccc(C(F)(F)F)cc2s1. The van der Waals surface area contributed by atoms with Crippen LogP contribution in [0.4, 0.5) is 13.2 Å². The van der Waals surface area contributed by atoms with Crippen LogP contribution in [0.5, 0.6) is 5.75 Å². The minimum Gasteiger partial charge on any atom is -0.493 e. The Morgan fingerprint density at radius 3 is 2.67 bits per heavy atom. The van der Waals surface area contributed by atoms with E-state index in [-0.39, 0.29) is 5.92 Å². The van der Waals surface area contributed by atoms with Crippen LogP contribution in [-0.2, 0) is 6.18 Å². The Bertz CT molecular complexity index is 908. The van der Waals surface area contributed by atoms with Crippen molar-refractivity contribution in [3.8, 4) is 5.75 Å². The van der Waals surface area contributed by atoms with Gasteiger partial charge in [-0.15, -0.1) is 11.3 Å². The number of halogens is 3. The standard InChI is InChI=1S/C20H21F3N2OS/c1-3-5-14(15-12-24-9-8-17(15)26-10-4-2)19-25-16-7-6-13(20(21,22)23)11-18(16)27-19/h6-9,11-12,14H,3-5,10H2,1-2H3. The lowest BCUT2D eigenvalue weighted by molar-refractivity contribution is -0.137. The number of alkyl halides is 3. The van der Waals surface area contributed by atoms with Gasteiger partial charge in [0.1, 0.15) is 10.8 Å². The first-order chi connectivity index (χ1) is 12.9. The van der Waals surface area contributed by atoms with Crippen LogP contribution in [0, 0.1) is 0 Å². The van der Waals surface area contributed by atoms with Gasteiger partial charge in [-0.3, -0.25) is 4.98 Å². The molecule has 0 aliphatic carbocycles. The Hall–Kier alpha value is -2.15. The zero-order valence-corrected chi connectivity index (χ0v) is 16.0. The molecular formula is C20H21F3N2OS. The fourth-order valence-corrected chi connectivity index (χ4v) is 4.13. The second-order valence-electron chi connectivity index (χ2n) is 6.34. The molecule has 0 spiro atoms. The van der Waals surface area contributed by atoms with Crippen LogP contribution in [-0.4, -0.2) is 16.6 Å². The number of rotatable bonds is 7. The summed E-state index contributed by atoms with van der Waals surface area (Å²) >= 11 is 1.31. The Morgan fingerprint density at radius 2 is 1.96 bits per heavy atom. The highest BCUT2D eigenvalue weighted by Crippen LogP contribution is 2.40. The number of fused-ring (bicyclic) bond motifs is 1. The molecule has 0 saturated carbocycles. The largest absolute Gasteiger partial charge is 0.493 e. The predicted molar refractivity (Wildman–Crippen MR) is 101 cm³/mol. The monoisotopic (exact) mass is 394 g/mol. The van der Waals surface area contributed by atoms with Gasteiger partial charge in [0.25, 0.3) is 0 Å². The second-order valence-corrected chi connectivity index (χ2v) is 7.40. The number of pyridine rings is 1. The van der Waals surface area contributed by atoms with Crippen molar-refractivity contribution >= 4 is 21.6 Å². The van der Waals surface area contributed by atoms with Crippen molar-refractivity contribution in [1.29, 1.82) is 0 Å². The zero-order chi connectivity index (χ0) is 19.4. The van der Waals surface area contributed by atoms with Gasteiger partial charge in [-0.2, -0.15) is 13.2 Å². The van der Waals surface area contributed by atoms with Crippen molar-refractivity contribution in [3.05, 3.63) is 52.8 Å². The highest BCUT2D eigenvalue weighted by molar-refractivity contribution is 7.18. The van der Waals surface area contributed by atoms with E-state index in [1.165, 1.54) is 23.5 Å². The summed E-state index contributed by atoms with van der Waals surface area (Å²) in [7, 11) is 0. The lowest BCUT2D eigenvalue weighted by Crippen LogP contribution is -2.06. The third-order valence-corrected chi connectivity index (χ3v) is 5.39. The third kappa shape index (κ3) is 4.40.